The van der Waals surface area contributed by atoms with Crippen molar-refractivity contribution in [1.82, 2.24) is 4.98 Å². The number of nitrogens with one attached hydrogen (secondary N) is 1. The molecule has 0 saturated carbocycles. The number of aromatic nitrogens is 1. The van der Waals surface area contributed by atoms with E-state index in [4.69, 9.17) is 4.74 Å². The Morgan fingerprint density at radius 1 is 1.28 bits per heavy atom. The fraction of sp³-hybridized carbons (Fsp3) is 0.267. The molecule has 2 heterocycles. The van der Waals surface area contributed by atoms with Gasteiger partial charge in [-0.3, -0.25) is 4.98 Å². The fourth-order valence-electron chi connectivity index (χ4n) is 2.42. The molecule has 3 heteroatoms. The largest absolute Gasteiger partial charge is 0.495 e. The van der Waals surface area contributed by atoms with Gasteiger partial charge >= 0.3 is 0 Å². The van der Waals surface area contributed by atoms with Crippen LogP contribution in [0, 0.1) is 0 Å². The highest BCUT2D eigenvalue weighted by atomic mass is 16.5. The van der Waals surface area contributed by atoms with Gasteiger partial charge in [-0.2, -0.15) is 0 Å². The van der Waals surface area contributed by atoms with E-state index in [-0.39, 0.29) is 0 Å². The van der Waals surface area contributed by atoms with E-state index in [0.29, 0.717) is 0 Å². The van der Waals surface area contributed by atoms with Crippen molar-refractivity contribution < 1.29 is 4.74 Å². The van der Waals surface area contributed by atoms with E-state index in [9.17, 15) is 0 Å². The second-order valence-electron chi connectivity index (χ2n) is 4.48. The van der Waals surface area contributed by atoms with Gasteiger partial charge in [0.2, 0.25) is 0 Å². The van der Waals surface area contributed by atoms with Gasteiger partial charge in [0.1, 0.15) is 5.75 Å². The molecule has 1 N–H and O–H groups in total. The maximum absolute atomic E-state index is 5.49. The molecule has 92 valence electrons. The third kappa shape index (κ3) is 1.92. The van der Waals surface area contributed by atoms with E-state index in [1.165, 1.54) is 17.5 Å². The maximum atomic E-state index is 5.49. The molecule has 0 fully saturated rings. The highest BCUT2D eigenvalue weighted by Gasteiger charge is 2.15. The quantitative estimate of drug-likeness (QED) is 0.875. The van der Waals surface area contributed by atoms with Crippen LogP contribution < -0.4 is 10.1 Å². The number of fused-ring (bicyclic) bond motifs is 1. The Morgan fingerprint density at radius 2 is 2.22 bits per heavy atom. The van der Waals surface area contributed by atoms with Crippen LogP contribution in [0.1, 0.15) is 12.0 Å². The van der Waals surface area contributed by atoms with Gasteiger partial charge < -0.3 is 10.1 Å². The van der Waals surface area contributed by atoms with Crippen LogP contribution in [0.3, 0.4) is 0 Å². The molecule has 0 saturated heterocycles. The molecule has 18 heavy (non-hydrogen) atoms. The molecule has 1 aromatic heterocycles. The molecule has 0 spiro atoms. The predicted molar refractivity (Wildman–Crippen MR) is 73.0 cm³/mol. The minimum Gasteiger partial charge on any atom is -0.495 e. The summed E-state index contributed by atoms with van der Waals surface area (Å²) in [6.45, 7) is 1.02. The first kappa shape index (κ1) is 11.1. The molecule has 0 aliphatic carbocycles. The molecular weight excluding hydrogens is 224 g/mol. The molecule has 0 bridgehead atoms. The Hall–Kier alpha value is -2.03. The molecule has 1 aromatic carbocycles. The lowest BCUT2D eigenvalue weighted by Crippen LogP contribution is -2.12. The van der Waals surface area contributed by atoms with Crippen LogP contribution in [-0.2, 0) is 6.42 Å². The topological polar surface area (TPSA) is 34.1 Å². The number of rotatable bonds is 2. The Morgan fingerprint density at radius 3 is 3.00 bits per heavy atom. The first-order chi connectivity index (χ1) is 8.88. The Balaban J connectivity index is 2.12. The molecule has 0 unspecified atom stereocenters. The van der Waals surface area contributed by atoms with Gasteiger partial charge in [0.15, 0.2) is 0 Å². The summed E-state index contributed by atoms with van der Waals surface area (Å²) in [7, 11) is 1.72. The van der Waals surface area contributed by atoms with Crippen molar-refractivity contribution in [2.24, 2.45) is 0 Å². The van der Waals surface area contributed by atoms with Gasteiger partial charge in [-0.05, 0) is 42.2 Å². The minimum atomic E-state index is 0.922. The van der Waals surface area contributed by atoms with E-state index in [1.807, 2.05) is 12.3 Å². The summed E-state index contributed by atoms with van der Waals surface area (Å²) < 4.78 is 5.49. The highest BCUT2D eigenvalue weighted by molar-refractivity contribution is 5.74. The Bertz CT molecular complexity index is 535. The van der Waals surface area contributed by atoms with Gasteiger partial charge in [0.25, 0.3) is 0 Å². The number of pyridine rings is 1. The molecular formula is C15H16N2O. The number of benzene rings is 1. The summed E-state index contributed by atoms with van der Waals surface area (Å²) in [6, 6.07) is 8.35. The summed E-state index contributed by atoms with van der Waals surface area (Å²) in [5.74, 6) is 0.922. The third-order valence-corrected chi connectivity index (χ3v) is 3.32. The van der Waals surface area contributed by atoms with Gasteiger partial charge in [-0.1, -0.05) is 6.07 Å². The molecule has 0 radical (unpaired) electrons. The molecule has 1 aliphatic heterocycles. The average Bonchev–Trinajstić information content (AvgIpc) is 2.47. The number of hydrogen-bond acceptors (Lipinski definition) is 3. The van der Waals surface area contributed by atoms with Crippen molar-refractivity contribution in [3.63, 3.8) is 0 Å². The second kappa shape index (κ2) is 4.69. The first-order valence-electron chi connectivity index (χ1n) is 6.23. The molecule has 3 rings (SSSR count). The third-order valence-electron chi connectivity index (χ3n) is 3.32. The van der Waals surface area contributed by atoms with Crippen molar-refractivity contribution in [3.8, 4) is 16.9 Å². The lowest BCUT2D eigenvalue weighted by atomic mass is 9.97. The van der Waals surface area contributed by atoms with E-state index < -0.39 is 0 Å². The predicted octanol–water partition coefficient (Wildman–Crippen LogP) is 3.12. The lowest BCUT2D eigenvalue weighted by Gasteiger charge is -2.21. The minimum absolute atomic E-state index is 0.922. The van der Waals surface area contributed by atoms with E-state index >= 15 is 0 Å². The number of nitrogens with zero attached hydrogens (tertiary/aromatic N) is 1. The Labute approximate surface area is 107 Å². The van der Waals surface area contributed by atoms with Crippen LogP contribution in [0.25, 0.3) is 11.1 Å². The van der Waals surface area contributed by atoms with Gasteiger partial charge in [-0.15, -0.1) is 0 Å². The van der Waals surface area contributed by atoms with Crippen LogP contribution >= 0.6 is 0 Å². The normalized spacial score (nSPS) is 13.6. The summed E-state index contributed by atoms with van der Waals surface area (Å²) in [5.41, 5.74) is 4.78. The van der Waals surface area contributed by atoms with Crippen LogP contribution in [-0.4, -0.2) is 18.6 Å². The van der Waals surface area contributed by atoms with Crippen molar-refractivity contribution in [1.29, 1.82) is 0 Å². The molecule has 3 nitrogen and oxygen atoms in total. The average molecular weight is 240 g/mol. The molecule has 2 aromatic rings. The summed E-state index contributed by atoms with van der Waals surface area (Å²) in [4.78, 5) is 4.17. The number of ether oxygens (including phenoxy) is 1. The van der Waals surface area contributed by atoms with Crippen LogP contribution in [0.15, 0.2) is 36.7 Å². The highest BCUT2D eigenvalue weighted by Crippen LogP contribution is 2.36. The zero-order chi connectivity index (χ0) is 12.4. The van der Waals surface area contributed by atoms with Crippen LogP contribution in [0.2, 0.25) is 0 Å². The number of hydrogen-bond donors (Lipinski definition) is 1. The number of methoxy groups -OCH3 is 1. The van der Waals surface area contributed by atoms with Crippen molar-refractivity contribution in [3.05, 3.63) is 42.2 Å². The lowest BCUT2D eigenvalue weighted by molar-refractivity contribution is 0.415. The standard InChI is InChI=1S/C15H16N2O/c1-18-14-9-13(12-5-2-6-16-10-12)8-11-4-3-7-17-15(11)14/h2,5-6,8-10,17H,3-4,7H2,1H3. The maximum Gasteiger partial charge on any atom is 0.142 e. The summed E-state index contributed by atoms with van der Waals surface area (Å²) in [6.07, 6.45) is 5.96. The summed E-state index contributed by atoms with van der Waals surface area (Å²) >= 11 is 0. The number of anilines is 1. The molecule has 0 amide bonds. The van der Waals surface area contributed by atoms with Crippen LogP contribution in [0.5, 0.6) is 5.75 Å². The van der Waals surface area contributed by atoms with E-state index in [2.05, 4.69) is 28.5 Å². The second-order valence-corrected chi connectivity index (χ2v) is 4.48. The van der Waals surface area contributed by atoms with E-state index in [0.717, 1.165) is 30.0 Å². The zero-order valence-corrected chi connectivity index (χ0v) is 10.4. The van der Waals surface area contributed by atoms with Crippen molar-refractivity contribution >= 4 is 5.69 Å². The molecule has 0 atom stereocenters. The fourth-order valence-corrected chi connectivity index (χ4v) is 2.42. The van der Waals surface area contributed by atoms with Crippen molar-refractivity contribution in [2.75, 3.05) is 19.0 Å². The molecule has 1 aliphatic rings. The number of aryl methyl sites for hydroxylation is 1. The monoisotopic (exact) mass is 240 g/mol. The van der Waals surface area contributed by atoms with Crippen molar-refractivity contribution in [2.45, 2.75) is 12.8 Å². The summed E-state index contributed by atoms with van der Waals surface area (Å²) in [5, 5.41) is 3.42. The van der Waals surface area contributed by atoms with E-state index in [1.54, 1.807) is 13.3 Å². The van der Waals surface area contributed by atoms with Gasteiger partial charge in [0.05, 0.1) is 12.8 Å². The van der Waals surface area contributed by atoms with Gasteiger partial charge in [0, 0.05) is 24.5 Å². The first-order valence-corrected chi connectivity index (χ1v) is 6.23. The zero-order valence-electron chi connectivity index (χ0n) is 10.4. The SMILES string of the molecule is COc1cc(-c2cccnc2)cc2c1NCCC2. The van der Waals surface area contributed by atoms with Crippen LogP contribution in [0.4, 0.5) is 5.69 Å². The Kier molecular flexibility index (Phi) is 2.89. The smallest absolute Gasteiger partial charge is 0.142 e. The van der Waals surface area contributed by atoms with Gasteiger partial charge in [-0.25, -0.2) is 0 Å².